The molecule has 2 unspecified atom stereocenters. The third-order valence-electron chi connectivity index (χ3n) is 5.81. The number of carbonyl (C=O) groups excluding carboxylic acids is 2. The number of rotatable bonds is 5. The van der Waals surface area contributed by atoms with E-state index in [4.69, 9.17) is 4.74 Å². The van der Waals surface area contributed by atoms with Crippen molar-refractivity contribution in [3.05, 3.63) is 30.3 Å². The molecule has 7 nitrogen and oxygen atoms in total. The average Bonchev–Trinajstić information content (AvgIpc) is 3.21. The molecule has 2 amide bonds. The Morgan fingerprint density at radius 2 is 1.77 bits per heavy atom. The monoisotopic (exact) mass is 416 g/mol. The zero-order valence-corrected chi connectivity index (χ0v) is 18.8. The lowest BCUT2D eigenvalue weighted by Crippen LogP contribution is -2.54. The number of ether oxygens (including phenoxy) is 1. The van der Waals surface area contributed by atoms with Gasteiger partial charge in [-0.25, -0.2) is 4.79 Å². The molecule has 166 valence electrons. The van der Waals surface area contributed by atoms with E-state index in [9.17, 15) is 9.59 Å². The Morgan fingerprint density at radius 1 is 1.10 bits per heavy atom. The summed E-state index contributed by atoms with van der Waals surface area (Å²) in [6.45, 7) is 12.7. The van der Waals surface area contributed by atoms with E-state index < -0.39 is 17.7 Å². The molecule has 2 fully saturated rings. The summed E-state index contributed by atoms with van der Waals surface area (Å²) >= 11 is 0. The first-order chi connectivity index (χ1) is 14.2. The third kappa shape index (κ3) is 5.88. The van der Waals surface area contributed by atoms with Crippen molar-refractivity contribution in [3.63, 3.8) is 0 Å². The van der Waals surface area contributed by atoms with E-state index in [0.717, 1.165) is 32.6 Å². The van der Waals surface area contributed by atoms with Gasteiger partial charge in [-0.1, -0.05) is 18.2 Å². The van der Waals surface area contributed by atoms with E-state index in [1.165, 1.54) is 5.69 Å². The smallest absolute Gasteiger partial charge is 0.410 e. The first-order valence-electron chi connectivity index (χ1n) is 11.1. The molecule has 30 heavy (non-hydrogen) atoms. The minimum absolute atomic E-state index is 0.0758. The van der Waals surface area contributed by atoms with Crippen LogP contribution in [0.25, 0.3) is 0 Å². The van der Waals surface area contributed by atoms with Gasteiger partial charge < -0.3 is 15.0 Å². The second-order valence-electron chi connectivity index (χ2n) is 9.28. The molecule has 2 aliphatic heterocycles. The van der Waals surface area contributed by atoms with Crippen LogP contribution in [-0.2, 0) is 9.53 Å². The lowest BCUT2D eigenvalue weighted by atomic mass is 10.1. The van der Waals surface area contributed by atoms with Crippen LogP contribution in [0.1, 0.15) is 40.5 Å². The van der Waals surface area contributed by atoms with Crippen LogP contribution in [-0.4, -0.2) is 78.8 Å². The number of amides is 2. The quantitative estimate of drug-likeness (QED) is 0.800. The zero-order chi connectivity index (χ0) is 21.7. The number of anilines is 1. The summed E-state index contributed by atoms with van der Waals surface area (Å²) < 4.78 is 5.46. The van der Waals surface area contributed by atoms with Gasteiger partial charge in [0.1, 0.15) is 11.6 Å². The minimum Gasteiger partial charge on any atom is -0.444 e. The number of piperazine rings is 1. The van der Waals surface area contributed by atoms with E-state index in [1.807, 2.05) is 26.8 Å². The Balaban J connectivity index is 1.45. The van der Waals surface area contributed by atoms with E-state index >= 15 is 0 Å². The summed E-state index contributed by atoms with van der Waals surface area (Å²) in [6, 6.07) is 10.3. The zero-order valence-electron chi connectivity index (χ0n) is 18.8. The first-order valence-corrected chi connectivity index (χ1v) is 11.1. The Hall–Kier alpha value is -2.28. The van der Waals surface area contributed by atoms with Gasteiger partial charge in [0.15, 0.2) is 0 Å². The molecule has 0 aliphatic carbocycles. The van der Waals surface area contributed by atoms with Crippen LogP contribution in [0.2, 0.25) is 0 Å². The molecule has 2 heterocycles. The maximum absolute atomic E-state index is 12.8. The fraction of sp³-hybridized carbons (Fsp3) is 0.652. The van der Waals surface area contributed by atoms with Crippen molar-refractivity contribution < 1.29 is 14.3 Å². The minimum atomic E-state index is -0.558. The summed E-state index contributed by atoms with van der Waals surface area (Å²) in [7, 11) is 0. The highest BCUT2D eigenvalue weighted by Crippen LogP contribution is 2.21. The molecule has 0 bridgehead atoms. The molecule has 1 aromatic carbocycles. The molecule has 0 aromatic heterocycles. The fourth-order valence-corrected chi connectivity index (χ4v) is 4.13. The molecule has 0 spiro atoms. The largest absolute Gasteiger partial charge is 0.444 e. The molecule has 1 N–H and O–H groups in total. The standard InChI is InChI=1S/C23H36N4O3/c1-18(25-13-15-26(16-14-25)19-9-6-5-7-10-19)17-24-21(28)20-11-8-12-27(20)22(29)30-23(2,3)4/h5-7,9-10,18,20H,8,11-17H2,1-4H3,(H,24,28). The molecular weight excluding hydrogens is 380 g/mol. The van der Waals surface area contributed by atoms with Gasteiger partial charge in [-0.2, -0.15) is 0 Å². The lowest BCUT2D eigenvalue weighted by molar-refractivity contribution is -0.125. The van der Waals surface area contributed by atoms with Crippen LogP contribution in [0.4, 0.5) is 10.5 Å². The summed E-state index contributed by atoms with van der Waals surface area (Å²) in [5.74, 6) is -0.0758. The van der Waals surface area contributed by atoms with Crippen molar-refractivity contribution in [1.82, 2.24) is 15.1 Å². The summed E-state index contributed by atoms with van der Waals surface area (Å²) in [4.78, 5) is 31.6. The predicted octanol–water partition coefficient (Wildman–Crippen LogP) is 2.71. The topological polar surface area (TPSA) is 65.1 Å². The van der Waals surface area contributed by atoms with Crippen LogP contribution in [0.15, 0.2) is 30.3 Å². The number of nitrogens with zero attached hydrogens (tertiary/aromatic N) is 3. The molecule has 2 aliphatic rings. The SMILES string of the molecule is CC(CNC(=O)C1CCCN1C(=O)OC(C)(C)C)N1CCN(c2ccccc2)CC1. The number of benzene rings is 1. The normalized spacial score (nSPS) is 21.4. The Labute approximate surface area is 180 Å². The second-order valence-corrected chi connectivity index (χ2v) is 9.28. The number of para-hydroxylation sites is 1. The molecule has 0 radical (unpaired) electrons. The molecule has 3 rings (SSSR count). The van der Waals surface area contributed by atoms with Gasteiger partial charge >= 0.3 is 6.09 Å². The molecule has 0 saturated carbocycles. The maximum Gasteiger partial charge on any atom is 0.410 e. The molecule has 2 atom stereocenters. The first kappa shape index (κ1) is 22.4. The van der Waals surface area contributed by atoms with Crippen molar-refractivity contribution in [2.75, 3.05) is 44.2 Å². The van der Waals surface area contributed by atoms with E-state index in [1.54, 1.807) is 4.90 Å². The van der Waals surface area contributed by atoms with E-state index in [0.29, 0.717) is 19.5 Å². The van der Waals surface area contributed by atoms with Gasteiger partial charge in [0.05, 0.1) is 0 Å². The predicted molar refractivity (Wildman–Crippen MR) is 119 cm³/mol. The number of carbonyl (C=O) groups is 2. The van der Waals surface area contributed by atoms with Gasteiger partial charge in [0, 0.05) is 51.0 Å². The van der Waals surface area contributed by atoms with Gasteiger partial charge in [-0.3, -0.25) is 14.6 Å². The third-order valence-corrected chi connectivity index (χ3v) is 5.81. The Kier molecular flexibility index (Phi) is 7.23. The Bertz CT molecular complexity index is 711. The maximum atomic E-state index is 12.8. The molecule has 7 heteroatoms. The van der Waals surface area contributed by atoms with Crippen LogP contribution >= 0.6 is 0 Å². The van der Waals surface area contributed by atoms with Crippen molar-refractivity contribution in [2.45, 2.75) is 58.2 Å². The number of nitrogens with one attached hydrogen (secondary N) is 1. The fourth-order valence-electron chi connectivity index (χ4n) is 4.13. The lowest BCUT2D eigenvalue weighted by Gasteiger charge is -2.39. The Morgan fingerprint density at radius 3 is 2.40 bits per heavy atom. The summed E-state index contributed by atoms with van der Waals surface area (Å²) in [5, 5.41) is 3.07. The number of hydrogen-bond donors (Lipinski definition) is 1. The average molecular weight is 417 g/mol. The van der Waals surface area contributed by atoms with E-state index in [-0.39, 0.29) is 11.9 Å². The number of likely N-dealkylation sites (tertiary alicyclic amines) is 1. The van der Waals surface area contributed by atoms with Crippen LogP contribution in [0.3, 0.4) is 0 Å². The highest BCUT2D eigenvalue weighted by Gasteiger charge is 2.36. The van der Waals surface area contributed by atoms with Crippen LogP contribution < -0.4 is 10.2 Å². The van der Waals surface area contributed by atoms with Crippen LogP contribution in [0.5, 0.6) is 0 Å². The summed E-state index contributed by atoms with van der Waals surface area (Å²) in [6.07, 6.45) is 1.12. The molecule has 2 saturated heterocycles. The highest BCUT2D eigenvalue weighted by molar-refractivity contribution is 5.86. The number of hydrogen-bond acceptors (Lipinski definition) is 5. The summed E-state index contributed by atoms with van der Waals surface area (Å²) in [5.41, 5.74) is 0.707. The molecular formula is C23H36N4O3. The van der Waals surface area contributed by atoms with Crippen molar-refractivity contribution >= 4 is 17.7 Å². The van der Waals surface area contributed by atoms with Gasteiger partial charge in [0.2, 0.25) is 5.91 Å². The van der Waals surface area contributed by atoms with E-state index in [2.05, 4.69) is 46.3 Å². The van der Waals surface area contributed by atoms with Gasteiger partial charge in [-0.15, -0.1) is 0 Å². The highest BCUT2D eigenvalue weighted by atomic mass is 16.6. The van der Waals surface area contributed by atoms with Crippen molar-refractivity contribution in [2.24, 2.45) is 0 Å². The second kappa shape index (κ2) is 9.69. The van der Waals surface area contributed by atoms with Gasteiger partial charge in [-0.05, 0) is 52.7 Å². The van der Waals surface area contributed by atoms with Crippen LogP contribution in [0, 0.1) is 0 Å². The van der Waals surface area contributed by atoms with Crippen molar-refractivity contribution in [3.8, 4) is 0 Å². The molecule has 1 aromatic rings. The van der Waals surface area contributed by atoms with Gasteiger partial charge in [0.25, 0.3) is 0 Å². The van der Waals surface area contributed by atoms with Crippen molar-refractivity contribution in [1.29, 1.82) is 0 Å².